The van der Waals surface area contributed by atoms with Crippen LogP contribution in [0.3, 0.4) is 0 Å². The summed E-state index contributed by atoms with van der Waals surface area (Å²) >= 11 is 6.08. The summed E-state index contributed by atoms with van der Waals surface area (Å²) < 4.78 is 5.25. The summed E-state index contributed by atoms with van der Waals surface area (Å²) in [6.45, 7) is 0. The number of carbonyl (C=O) groups is 2. The van der Waals surface area contributed by atoms with Gasteiger partial charge in [0.25, 0.3) is 5.91 Å². The van der Waals surface area contributed by atoms with E-state index in [9.17, 15) is 9.59 Å². The monoisotopic (exact) mass is 434 g/mol. The van der Waals surface area contributed by atoms with Crippen LogP contribution < -0.4 is 14.7 Å². The predicted octanol–water partition coefficient (Wildman–Crippen LogP) is 4.40. The first-order valence-electron chi connectivity index (χ1n) is 9.87. The van der Waals surface area contributed by atoms with Gasteiger partial charge in [-0.1, -0.05) is 48.0 Å². The Balaban J connectivity index is 1.57. The molecule has 3 atom stereocenters. The molecule has 0 aromatic heterocycles. The third-order valence-electron chi connectivity index (χ3n) is 5.65. The lowest BCUT2D eigenvalue weighted by molar-refractivity contribution is -0.126. The maximum absolute atomic E-state index is 13.6. The maximum Gasteiger partial charge on any atom is 0.266 e. The number of amides is 2. The molecular formula is C24H19ClN2O4. The molecule has 2 fully saturated rings. The molecule has 0 unspecified atom stereocenters. The number of hydrogen-bond donors (Lipinski definition) is 0. The van der Waals surface area contributed by atoms with Crippen molar-refractivity contribution in [3.8, 4) is 5.75 Å². The lowest BCUT2D eigenvalue weighted by Gasteiger charge is -2.28. The van der Waals surface area contributed by atoms with Crippen LogP contribution in [0, 0.1) is 5.92 Å². The Morgan fingerprint density at radius 3 is 2.29 bits per heavy atom. The minimum Gasteiger partial charge on any atom is -0.497 e. The highest BCUT2D eigenvalue weighted by Crippen LogP contribution is 2.47. The lowest BCUT2D eigenvalue weighted by atomic mass is 9.90. The Morgan fingerprint density at radius 2 is 1.58 bits per heavy atom. The molecule has 2 saturated heterocycles. The van der Waals surface area contributed by atoms with Crippen molar-refractivity contribution in [3.63, 3.8) is 0 Å². The van der Waals surface area contributed by atoms with E-state index in [2.05, 4.69) is 0 Å². The van der Waals surface area contributed by atoms with Gasteiger partial charge in [0.05, 0.1) is 24.5 Å². The van der Waals surface area contributed by atoms with E-state index in [1.165, 1.54) is 4.90 Å². The molecule has 156 valence electrons. The number of ether oxygens (including phenoxy) is 1. The van der Waals surface area contributed by atoms with E-state index in [0.717, 1.165) is 11.3 Å². The fourth-order valence-electron chi connectivity index (χ4n) is 4.22. The van der Waals surface area contributed by atoms with E-state index in [1.54, 1.807) is 48.6 Å². The van der Waals surface area contributed by atoms with Crippen molar-refractivity contribution >= 4 is 34.8 Å². The average Bonchev–Trinajstić information content (AvgIpc) is 3.31. The zero-order valence-corrected chi connectivity index (χ0v) is 17.4. The number of benzene rings is 3. The van der Waals surface area contributed by atoms with Crippen molar-refractivity contribution in [1.29, 1.82) is 0 Å². The minimum absolute atomic E-state index is 0.304. The molecule has 6 nitrogen and oxygen atoms in total. The van der Waals surface area contributed by atoms with Gasteiger partial charge in [-0.25, -0.2) is 9.96 Å². The number of para-hydroxylation sites is 1. The van der Waals surface area contributed by atoms with Gasteiger partial charge in [-0.15, -0.1) is 0 Å². The molecule has 3 aromatic rings. The van der Waals surface area contributed by atoms with Gasteiger partial charge < -0.3 is 4.74 Å². The standard InChI is InChI=1S/C24H19ClN2O4/c1-30-19-9-5-8-18(14-19)26-23(28)20-21(15-10-12-16(25)13-11-15)27(31-22(20)24(26)29)17-6-3-2-4-7-17/h2-14,20-22H,1H3/t20-,21-,22+/m0/s1. The van der Waals surface area contributed by atoms with E-state index in [1.807, 2.05) is 42.5 Å². The van der Waals surface area contributed by atoms with E-state index in [-0.39, 0.29) is 11.8 Å². The van der Waals surface area contributed by atoms with Crippen LogP contribution in [0.25, 0.3) is 0 Å². The molecule has 0 bridgehead atoms. The molecule has 2 amide bonds. The van der Waals surface area contributed by atoms with Crippen LogP contribution in [-0.4, -0.2) is 25.0 Å². The molecule has 7 heteroatoms. The zero-order chi connectivity index (χ0) is 21.5. The second-order valence-electron chi connectivity index (χ2n) is 7.42. The third kappa shape index (κ3) is 3.24. The van der Waals surface area contributed by atoms with Gasteiger partial charge in [-0.2, -0.15) is 0 Å². The molecular weight excluding hydrogens is 416 g/mol. The molecule has 0 aliphatic carbocycles. The fraction of sp³-hybridized carbons (Fsp3) is 0.167. The number of carbonyl (C=O) groups excluding carboxylic acids is 2. The quantitative estimate of drug-likeness (QED) is 0.570. The normalized spacial score (nSPS) is 22.7. The molecule has 0 saturated carbocycles. The van der Waals surface area contributed by atoms with Gasteiger partial charge in [0.2, 0.25) is 5.91 Å². The van der Waals surface area contributed by atoms with Crippen LogP contribution in [0.4, 0.5) is 11.4 Å². The number of rotatable bonds is 4. The van der Waals surface area contributed by atoms with E-state index >= 15 is 0 Å². The smallest absolute Gasteiger partial charge is 0.266 e. The first-order valence-corrected chi connectivity index (χ1v) is 10.2. The summed E-state index contributed by atoms with van der Waals surface area (Å²) in [6.07, 6.45) is -0.917. The lowest BCUT2D eigenvalue weighted by Crippen LogP contribution is -2.37. The number of nitrogens with zero attached hydrogens (tertiary/aromatic N) is 2. The van der Waals surface area contributed by atoms with Crippen LogP contribution in [0.15, 0.2) is 78.9 Å². The van der Waals surface area contributed by atoms with Crippen molar-refractivity contribution in [2.24, 2.45) is 5.92 Å². The van der Waals surface area contributed by atoms with Gasteiger partial charge >= 0.3 is 0 Å². The fourth-order valence-corrected chi connectivity index (χ4v) is 4.34. The van der Waals surface area contributed by atoms with Gasteiger partial charge in [-0.3, -0.25) is 14.4 Å². The summed E-state index contributed by atoms with van der Waals surface area (Å²) in [4.78, 5) is 34.2. The van der Waals surface area contributed by atoms with Gasteiger partial charge in [0.1, 0.15) is 11.7 Å². The highest BCUT2D eigenvalue weighted by atomic mass is 35.5. The van der Waals surface area contributed by atoms with Crippen LogP contribution in [0.5, 0.6) is 5.75 Å². The van der Waals surface area contributed by atoms with Gasteiger partial charge in [-0.05, 0) is 42.0 Å². The number of hydrogen-bond acceptors (Lipinski definition) is 5. The molecule has 3 aromatic carbocycles. The highest BCUT2D eigenvalue weighted by molar-refractivity contribution is 6.30. The van der Waals surface area contributed by atoms with Crippen molar-refractivity contribution < 1.29 is 19.2 Å². The number of methoxy groups -OCH3 is 1. The number of hydroxylamine groups is 1. The average molecular weight is 435 g/mol. The van der Waals surface area contributed by atoms with Gasteiger partial charge in [0.15, 0.2) is 6.10 Å². The molecule has 0 N–H and O–H groups in total. The molecule has 5 rings (SSSR count). The van der Waals surface area contributed by atoms with Gasteiger partial charge in [0, 0.05) is 11.1 Å². The minimum atomic E-state index is -0.917. The van der Waals surface area contributed by atoms with Crippen LogP contribution in [0.1, 0.15) is 11.6 Å². The number of imide groups is 1. The Bertz CT molecular complexity index is 1140. The zero-order valence-electron chi connectivity index (χ0n) is 16.6. The molecule has 2 heterocycles. The first kappa shape index (κ1) is 19.6. The Kier molecular flexibility index (Phi) is 4.88. The molecule has 31 heavy (non-hydrogen) atoms. The summed E-state index contributed by atoms with van der Waals surface area (Å²) in [5, 5.41) is 2.26. The third-order valence-corrected chi connectivity index (χ3v) is 5.90. The predicted molar refractivity (Wildman–Crippen MR) is 117 cm³/mol. The summed E-state index contributed by atoms with van der Waals surface area (Å²) in [5.41, 5.74) is 2.08. The molecule has 2 aliphatic rings. The van der Waals surface area contributed by atoms with Crippen LogP contribution in [0.2, 0.25) is 5.02 Å². The van der Waals surface area contributed by atoms with Crippen LogP contribution in [-0.2, 0) is 14.4 Å². The van der Waals surface area contributed by atoms with Crippen molar-refractivity contribution in [1.82, 2.24) is 0 Å². The Morgan fingerprint density at radius 1 is 0.871 bits per heavy atom. The van der Waals surface area contributed by atoms with E-state index in [0.29, 0.717) is 16.5 Å². The van der Waals surface area contributed by atoms with Crippen LogP contribution >= 0.6 is 11.6 Å². The maximum atomic E-state index is 13.6. The summed E-state index contributed by atoms with van der Waals surface area (Å²) in [5.74, 6) is -0.821. The van der Waals surface area contributed by atoms with Crippen molar-refractivity contribution in [2.45, 2.75) is 12.1 Å². The Hall–Kier alpha value is -3.35. The van der Waals surface area contributed by atoms with E-state index < -0.39 is 18.1 Å². The second-order valence-corrected chi connectivity index (χ2v) is 7.86. The van der Waals surface area contributed by atoms with Crippen molar-refractivity contribution in [3.05, 3.63) is 89.4 Å². The van der Waals surface area contributed by atoms with E-state index in [4.69, 9.17) is 21.2 Å². The number of anilines is 2. The molecule has 0 spiro atoms. The SMILES string of the molecule is COc1cccc(N2C(=O)[C@@H]3[C@@H](ON(c4ccccc4)[C@H]3c3ccc(Cl)cc3)C2=O)c1. The first-order chi connectivity index (χ1) is 15.1. The number of halogens is 1. The molecule has 0 radical (unpaired) electrons. The summed E-state index contributed by atoms with van der Waals surface area (Å²) in [6, 6.07) is 23.1. The highest BCUT2D eigenvalue weighted by Gasteiger charge is 2.60. The Labute approximate surface area is 184 Å². The number of fused-ring (bicyclic) bond motifs is 1. The molecule has 2 aliphatic heterocycles. The largest absolute Gasteiger partial charge is 0.497 e. The summed E-state index contributed by atoms with van der Waals surface area (Å²) in [7, 11) is 1.54. The second kappa shape index (κ2) is 7.72. The topological polar surface area (TPSA) is 59.1 Å². The van der Waals surface area contributed by atoms with Crippen molar-refractivity contribution in [2.75, 3.05) is 17.1 Å².